The third-order valence-electron chi connectivity index (χ3n) is 8.59. The van der Waals surface area contributed by atoms with Gasteiger partial charge in [-0.1, -0.05) is 25.5 Å². The second-order valence-corrected chi connectivity index (χ2v) is 11.6. The molecule has 4 aliphatic carbocycles. The Hall–Kier alpha value is -0.880. The molecule has 5 nitrogen and oxygen atoms in total. The average molecular weight is 490 g/mol. The highest BCUT2D eigenvalue weighted by Gasteiger charge is 2.74. The molecule has 0 aromatic heterocycles. The smallest absolute Gasteiger partial charge is 0.303 e. The highest BCUT2D eigenvalue weighted by Crippen LogP contribution is 2.72. The second-order valence-electron chi connectivity index (χ2n) is 9.92. The van der Waals surface area contributed by atoms with Crippen LogP contribution in [0.5, 0.6) is 0 Å². The van der Waals surface area contributed by atoms with Crippen molar-refractivity contribution in [2.75, 3.05) is 6.61 Å². The normalized spacial score (nSPS) is 48.4. The van der Waals surface area contributed by atoms with E-state index in [0.29, 0.717) is 19.3 Å². The van der Waals surface area contributed by atoms with Gasteiger partial charge >= 0.3 is 5.97 Å². The number of rotatable bonds is 3. The number of esters is 1. The largest absolute Gasteiger partial charge is 0.458 e. The zero-order chi connectivity index (χ0) is 23.0. The van der Waals surface area contributed by atoms with E-state index in [1.807, 2.05) is 19.9 Å². The minimum atomic E-state index is -1.68. The van der Waals surface area contributed by atoms with Crippen LogP contribution < -0.4 is 0 Å². The minimum absolute atomic E-state index is 0.0897. The number of ether oxygens (including phenoxy) is 1. The molecular formula is C23H27Cl3O5. The quantitative estimate of drug-likeness (QED) is 0.479. The average Bonchev–Trinajstić information content (AvgIpc) is 2.94. The number of Topliss-reactive ketones (excluding diaryl/α,β-unsaturated/α-hetero) is 1. The third-order valence-corrected chi connectivity index (χ3v) is 10.5. The molecule has 2 unspecified atom stereocenters. The molecule has 0 heterocycles. The fourth-order valence-electron chi connectivity index (χ4n) is 6.83. The van der Waals surface area contributed by atoms with E-state index in [2.05, 4.69) is 0 Å². The van der Waals surface area contributed by atoms with Crippen molar-refractivity contribution in [3.8, 4) is 0 Å². The van der Waals surface area contributed by atoms with E-state index in [1.54, 1.807) is 6.08 Å². The summed E-state index contributed by atoms with van der Waals surface area (Å²) in [6, 6.07) is 0. The Morgan fingerprint density at radius 2 is 1.97 bits per heavy atom. The number of ketones is 2. The minimum Gasteiger partial charge on any atom is -0.458 e. The van der Waals surface area contributed by atoms with Crippen LogP contribution >= 0.6 is 34.8 Å². The number of carbonyl (C=O) groups is 3. The number of aliphatic hydroxyl groups is 1. The third kappa shape index (κ3) is 2.96. The topological polar surface area (TPSA) is 80.7 Å². The van der Waals surface area contributed by atoms with E-state index >= 15 is 0 Å². The molecule has 31 heavy (non-hydrogen) atoms. The summed E-state index contributed by atoms with van der Waals surface area (Å²) in [7, 11) is 0. The molecule has 8 atom stereocenters. The van der Waals surface area contributed by atoms with Gasteiger partial charge in [-0.05, 0) is 43.8 Å². The SMILES string of the molecule is CC(=O)OCC(=O)[C@@]1(O)CC[C@H]2[C@@H]3C(Cl)CC4=CC(=O)C=C[C@]4(C)[C@@]3(Cl)C(Cl)C[C@@]21C. The van der Waals surface area contributed by atoms with Crippen LogP contribution in [0.1, 0.15) is 46.5 Å². The number of halogens is 3. The van der Waals surface area contributed by atoms with Gasteiger partial charge in [0.1, 0.15) is 5.60 Å². The van der Waals surface area contributed by atoms with Crippen molar-refractivity contribution in [3.05, 3.63) is 23.8 Å². The van der Waals surface area contributed by atoms with Gasteiger partial charge in [-0.25, -0.2) is 0 Å². The van der Waals surface area contributed by atoms with Crippen LogP contribution in [0.4, 0.5) is 0 Å². The summed E-state index contributed by atoms with van der Waals surface area (Å²) in [5.74, 6) is -1.62. The van der Waals surface area contributed by atoms with Crippen molar-refractivity contribution in [1.82, 2.24) is 0 Å². The maximum atomic E-state index is 13.0. The van der Waals surface area contributed by atoms with Gasteiger partial charge in [0.25, 0.3) is 0 Å². The Labute approximate surface area is 197 Å². The molecule has 0 amide bonds. The van der Waals surface area contributed by atoms with Crippen LogP contribution in [-0.4, -0.2) is 50.5 Å². The molecular weight excluding hydrogens is 463 g/mol. The first-order valence-electron chi connectivity index (χ1n) is 10.6. The fraction of sp³-hybridized carbons (Fsp3) is 0.696. The summed E-state index contributed by atoms with van der Waals surface area (Å²) in [5, 5.41) is 10.6. The molecule has 3 fully saturated rings. The molecule has 1 N–H and O–H groups in total. The van der Waals surface area contributed by atoms with Crippen LogP contribution in [0.15, 0.2) is 23.8 Å². The Kier molecular flexibility index (Phi) is 5.49. The molecule has 0 aromatic carbocycles. The molecule has 0 spiro atoms. The van der Waals surface area contributed by atoms with Crippen molar-refractivity contribution in [1.29, 1.82) is 0 Å². The van der Waals surface area contributed by atoms with Gasteiger partial charge in [0.15, 0.2) is 12.4 Å². The van der Waals surface area contributed by atoms with E-state index in [4.69, 9.17) is 39.5 Å². The van der Waals surface area contributed by atoms with Crippen molar-refractivity contribution >= 4 is 52.3 Å². The lowest BCUT2D eigenvalue weighted by molar-refractivity contribution is -0.167. The van der Waals surface area contributed by atoms with Crippen LogP contribution in [0.3, 0.4) is 0 Å². The Morgan fingerprint density at radius 3 is 2.61 bits per heavy atom. The first kappa shape index (κ1) is 23.3. The van der Waals surface area contributed by atoms with Crippen LogP contribution in [-0.2, 0) is 19.1 Å². The predicted octanol–water partition coefficient (Wildman–Crippen LogP) is 3.95. The molecule has 0 aromatic rings. The highest BCUT2D eigenvalue weighted by atomic mass is 35.5. The molecule has 0 saturated heterocycles. The lowest BCUT2D eigenvalue weighted by atomic mass is 9.46. The fourth-order valence-corrected chi connectivity index (χ4v) is 8.70. The summed E-state index contributed by atoms with van der Waals surface area (Å²) in [6.45, 7) is 4.62. The second kappa shape index (κ2) is 7.31. The number of hydrogen-bond acceptors (Lipinski definition) is 5. The summed E-state index contributed by atoms with van der Waals surface area (Å²) < 4.78 is 4.90. The molecule has 4 aliphatic rings. The molecule has 0 aliphatic heterocycles. The number of allylic oxidation sites excluding steroid dienone is 4. The first-order valence-corrected chi connectivity index (χ1v) is 11.9. The van der Waals surface area contributed by atoms with E-state index in [1.165, 1.54) is 13.0 Å². The van der Waals surface area contributed by atoms with Gasteiger partial charge in [0.05, 0.1) is 10.3 Å². The van der Waals surface area contributed by atoms with Crippen LogP contribution in [0, 0.1) is 22.7 Å². The van der Waals surface area contributed by atoms with Gasteiger partial charge in [0.2, 0.25) is 5.78 Å². The van der Waals surface area contributed by atoms with E-state index in [9.17, 15) is 19.5 Å². The van der Waals surface area contributed by atoms with Crippen molar-refractivity contribution < 1.29 is 24.2 Å². The summed E-state index contributed by atoms with van der Waals surface area (Å²) in [5.41, 5.74) is -2.32. The number of hydrogen-bond donors (Lipinski definition) is 1. The van der Waals surface area contributed by atoms with Gasteiger partial charge in [-0.15, -0.1) is 34.8 Å². The summed E-state index contributed by atoms with van der Waals surface area (Å²) in [4.78, 5) is 35.2. The summed E-state index contributed by atoms with van der Waals surface area (Å²) in [6.07, 6.45) is 6.57. The van der Waals surface area contributed by atoms with Gasteiger partial charge < -0.3 is 9.84 Å². The predicted molar refractivity (Wildman–Crippen MR) is 118 cm³/mol. The number of carbonyl (C=O) groups excluding carboxylic acids is 3. The zero-order valence-corrected chi connectivity index (χ0v) is 20.1. The maximum Gasteiger partial charge on any atom is 0.303 e. The van der Waals surface area contributed by atoms with Crippen molar-refractivity contribution in [2.24, 2.45) is 22.7 Å². The zero-order valence-electron chi connectivity index (χ0n) is 17.8. The van der Waals surface area contributed by atoms with Gasteiger partial charge in [0, 0.05) is 29.0 Å². The molecule has 0 bridgehead atoms. The standard InChI is InChI=1S/C23H27Cl3O5/c1-12(27)31-11-18(29)22(30)7-5-15-19-16(24)9-13-8-14(28)4-6-20(13,2)23(19,26)17(25)10-21(15,22)3/h4,6,8,15-17,19,30H,5,7,9-11H2,1-3H3/t15-,16?,17?,19+,20-,21-,22-,23+/m0/s1. The number of alkyl halides is 3. The maximum absolute atomic E-state index is 13.0. The molecule has 170 valence electrons. The van der Waals surface area contributed by atoms with Crippen molar-refractivity contribution in [3.63, 3.8) is 0 Å². The van der Waals surface area contributed by atoms with Gasteiger partial charge in [-0.2, -0.15) is 0 Å². The molecule has 4 rings (SSSR count). The molecule has 0 radical (unpaired) electrons. The Balaban J connectivity index is 1.76. The Bertz CT molecular complexity index is 915. The first-order chi connectivity index (χ1) is 14.3. The lowest BCUT2D eigenvalue weighted by Crippen LogP contribution is -2.69. The Morgan fingerprint density at radius 1 is 1.29 bits per heavy atom. The van der Waals surface area contributed by atoms with Crippen LogP contribution in [0.25, 0.3) is 0 Å². The van der Waals surface area contributed by atoms with E-state index in [0.717, 1.165) is 5.57 Å². The van der Waals surface area contributed by atoms with Crippen LogP contribution in [0.2, 0.25) is 0 Å². The lowest BCUT2D eigenvalue weighted by Gasteiger charge is -2.65. The monoisotopic (exact) mass is 488 g/mol. The van der Waals surface area contributed by atoms with Crippen molar-refractivity contribution in [2.45, 2.75) is 67.7 Å². The summed E-state index contributed by atoms with van der Waals surface area (Å²) >= 11 is 21.4. The number of fused-ring (bicyclic) bond motifs is 5. The van der Waals surface area contributed by atoms with Gasteiger partial charge in [-0.3, -0.25) is 14.4 Å². The highest BCUT2D eigenvalue weighted by molar-refractivity contribution is 6.35. The molecule has 8 heteroatoms. The van der Waals surface area contributed by atoms with E-state index < -0.39 is 50.4 Å². The van der Waals surface area contributed by atoms with E-state index in [-0.39, 0.29) is 24.0 Å². The molecule has 3 saturated carbocycles.